The van der Waals surface area contributed by atoms with Gasteiger partial charge in [-0.15, -0.1) is 0 Å². The molecule has 2 aliphatic heterocycles. The van der Waals surface area contributed by atoms with Crippen LogP contribution in [0.15, 0.2) is 18.2 Å². The van der Waals surface area contributed by atoms with Gasteiger partial charge >= 0.3 is 13.1 Å². The van der Waals surface area contributed by atoms with Crippen LogP contribution in [0.25, 0.3) is 0 Å². The SMILES string of the molecule is NCC(=O)N1CCN(CC(=O)N[C@H]2Cc3cccc(C(=O)O)c3OB2O)CC1. The molecule has 1 aromatic rings. The zero-order chi connectivity index (χ0) is 20.3. The summed E-state index contributed by atoms with van der Waals surface area (Å²) in [5.74, 6) is -2.06. The Hall–Kier alpha value is -2.63. The van der Waals surface area contributed by atoms with Crippen LogP contribution in [0.5, 0.6) is 5.75 Å². The third-order valence-electron chi connectivity index (χ3n) is 4.96. The normalized spacial score (nSPS) is 19.6. The van der Waals surface area contributed by atoms with Crippen LogP contribution >= 0.6 is 0 Å². The van der Waals surface area contributed by atoms with E-state index in [2.05, 4.69) is 5.32 Å². The summed E-state index contributed by atoms with van der Waals surface area (Å²) in [5, 5.41) is 22.2. The van der Waals surface area contributed by atoms with Crippen molar-refractivity contribution in [1.82, 2.24) is 15.1 Å². The van der Waals surface area contributed by atoms with E-state index in [9.17, 15) is 24.5 Å². The number of carboxylic acids is 1. The number of aromatic carboxylic acids is 1. The van der Waals surface area contributed by atoms with E-state index in [1.807, 2.05) is 4.90 Å². The fourth-order valence-corrected chi connectivity index (χ4v) is 3.46. The maximum atomic E-state index is 12.4. The Balaban J connectivity index is 1.55. The smallest absolute Gasteiger partial charge is 0.534 e. The molecule has 3 rings (SSSR count). The zero-order valence-corrected chi connectivity index (χ0v) is 15.3. The van der Waals surface area contributed by atoms with Crippen molar-refractivity contribution >= 4 is 24.9 Å². The lowest BCUT2D eigenvalue weighted by molar-refractivity contribution is -0.131. The summed E-state index contributed by atoms with van der Waals surface area (Å²) < 4.78 is 5.37. The van der Waals surface area contributed by atoms with Gasteiger partial charge in [-0.05, 0) is 18.1 Å². The van der Waals surface area contributed by atoms with E-state index < -0.39 is 19.0 Å². The van der Waals surface area contributed by atoms with Crippen molar-refractivity contribution in [3.05, 3.63) is 29.3 Å². The van der Waals surface area contributed by atoms with Gasteiger partial charge in [-0.2, -0.15) is 0 Å². The van der Waals surface area contributed by atoms with Gasteiger partial charge in [0.15, 0.2) is 0 Å². The first-order chi connectivity index (χ1) is 13.4. The van der Waals surface area contributed by atoms with E-state index in [0.717, 1.165) is 0 Å². The van der Waals surface area contributed by atoms with Crippen LogP contribution in [-0.4, -0.2) is 90.0 Å². The molecule has 150 valence electrons. The minimum absolute atomic E-state index is 0.0220. The Morgan fingerprint density at radius 3 is 2.61 bits per heavy atom. The van der Waals surface area contributed by atoms with Crippen LogP contribution in [0, 0.1) is 0 Å². The number of carboxylic acid groups (broad SMARTS) is 1. The molecule has 2 aliphatic rings. The van der Waals surface area contributed by atoms with E-state index in [1.54, 1.807) is 17.0 Å². The molecule has 1 saturated heterocycles. The number of amides is 2. The Labute approximate surface area is 162 Å². The molecular formula is C17H23BN4O6. The maximum absolute atomic E-state index is 12.4. The van der Waals surface area contributed by atoms with Crippen molar-refractivity contribution in [3.8, 4) is 5.75 Å². The predicted molar refractivity (Wildman–Crippen MR) is 99.7 cm³/mol. The van der Waals surface area contributed by atoms with Gasteiger partial charge in [0.1, 0.15) is 5.75 Å². The number of piperazine rings is 1. The molecular weight excluding hydrogens is 367 g/mol. The Morgan fingerprint density at radius 1 is 1.25 bits per heavy atom. The number of benzene rings is 1. The highest BCUT2D eigenvalue weighted by Gasteiger charge is 2.38. The van der Waals surface area contributed by atoms with Crippen LogP contribution in [0.2, 0.25) is 0 Å². The summed E-state index contributed by atoms with van der Waals surface area (Å²) in [5.41, 5.74) is 5.95. The molecule has 10 nitrogen and oxygen atoms in total. The number of carbonyl (C=O) groups is 3. The van der Waals surface area contributed by atoms with Gasteiger partial charge in [0.05, 0.1) is 24.6 Å². The molecule has 0 unspecified atom stereocenters. The molecule has 1 aromatic carbocycles. The minimum Gasteiger partial charge on any atom is -0.534 e. The van der Waals surface area contributed by atoms with E-state index in [1.165, 1.54) is 6.07 Å². The number of hydrogen-bond acceptors (Lipinski definition) is 7. The molecule has 0 spiro atoms. The van der Waals surface area contributed by atoms with Crippen LogP contribution < -0.4 is 15.7 Å². The fourth-order valence-electron chi connectivity index (χ4n) is 3.46. The van der Waals surface area contributed by atoms with Gasteiger partial charge in [-0.25, -0.2) is 4.79 Å². The lowest BCUT2D eigenvalue weighted by atomic mass is 9.72. The molecule has 0 aliphatic carbocycles. The molecule has 2 heterocycles. The number of nitrogens with one attached hydrogen (secondary N) is 1. The average molecular weight is 390 g/mol. The number of rotatable bonds is 5. The van der Waals surface area contributed by atoms with Gasteiger partial charge in [0.2, 0.25) is 11.8 Å². The van der Waals surface area contributed by atoms with Gasteiger partial charge in [-0.1, -0.05) is 12.1 Å². The topological polar surface area (TPSA) is 145 Å². The van der Waals surface area contributed by atoms with Crippen molar-refractivity contribution in [1.29, 1.82) is 0 Å². The molecule has 5 N–H and O–H groups in total. The molecule has 28 heavy (non-hydrogen) atoms. The molecule has 1 fully saturated rings. The second-order valence-electron chi connectivity index (χ2n) is 6.85. The van der Waals surface area contributed by atoms with Crippen molar-refractivity contribution in [2.24, 2.45) is 5.73 Å². The first-order valence-electron chi connectivity index (χ1n) is 9.08. The minimum atomic E-state index is -1.34. The summed E-state index contributed by atoms with van der Waals surface area (Å²) >= 11 is 0. The highest BCUT2D eigenvalue weighted by atomic mass is 16.5. The van der Waals surface area contributed by atoms with E-state index in [4.69, 9.17) is 10.4 Å². The third kappa shape index (κ3) is 4.43. The molecule has 0 aromatic heterocycles. The molecule has 11 heteroatoms. The average Bonchev–Trinajstić information content (AvgIpc) is 2.68. The highest BCUT2D eigenvalue weighted by molar-refractivity contribution is 6.47. The van der Waals surface area contributed by atoms with Crippen molar-refractivity contribution < 1.29 is 29.2 Å². The first-order valence-corrected chi connectivity index (χ1v) is 9.08. The lowest BCUT2D eigenvalue weighted by Crippen LogP contribution is -2.56. The molecule has 0 bridgehead atoms. The standard InChI is InChI=1S/C17H23BN4O6/c19-9-15(24)22-6-4-21(5-7-22)10-14(23)20-13-8-11-2-1-3-12(17(25)26)16(11)28-18(13)27/h1-3,13,27H,4-10,19H2,(H,20,23)(H,25,26)/t13-/m0/s1. The summed E-state index contributed by atoms with van der Waals surface area (Å²) in [6.45, 7) is 2.27. The molecule has 2 amide bonds. The van der Waals surface area contributed by atoms with Crippen molar-refractivity contribution in [2.75, 3.05) is 39.3 Å². The Bertz CT molecular complexity index is 768. The summed E-state index contributed by atoms with van der Waals surface area (Å²) in [6.07, 6.45) is 0.266. The zero-order valence-electron chi connectivity index (χ0n) is 15.3. The van der Waals surface area contributed by atoms with Gasteiger partial charge in [0.25, 0.3) is 0 Å². The van der Waals surface area contributed by atoms with Gasteiger partial charge < -0.3 is 30.7 Å². The van der Waals surface area contributed by atoms with E-state index in [-0.39, 0.29) is 42.6 Å². The van der Waals surface area contributed by atoms with E-state index in [0.29, 0.717) is 31.7 Å². The quantitative estimate of drug-likeness (QED) is 0.420. The van der Waals surface area contributed by atoms with Gasteiger partial charge in [0, 0.05) is 26.2 Å². The number of para-hydroxylation sites is 1. The van der Waals surface area contributed by atoms with Crippen molar-refractivity contribution in [3.63, 3.8) is 0 Å². The molecule has 0 saturated carbocycles. The molecule has 1 atom stereocenters. The summed E-state index contributed by atoms with van der Waals surface area (Å²) in [7, 11) is -1.34. The molecule has 0 radical (unpaired) electrons. The Morgan fingerprint density at radius 2 is 1.96 bits per heavy atom. The Kier molecular flexibility index (Phi) is 6.17. The first kappa shape index (κ1) is 20.1. The lowest BCUT2D eigenvalue weighted by Gasteiger charge is -2.34. The monoisotopic (exact) mass is 390 g/mol. The predicted octanol–water partition coefficient (Wildman–Crippen LogP) is -2.07. The number of nitrogens with two attached hydrogens (primary N) is 1. The third-order valence-corrected chi connectivity index (χ3v) is 4.96. The number of nitrogens with zero attached hydrogens (tertiary/aromatic N) is 2. The number of carbonyl (C=O) groups excluding carboxylic acids is 2. The summed E-state index contributed by atoms with van der Waals surface area (Å²) in [4.78, 5) is 38.8. The van der Waals surface area contributed by atoms with E-state index >= 15 is 0 Å². The maximum Gasteiger partial charge on any atom is 0.547 e. The van der Waals surface area contributed by atoms with Gasteiger partial charge in [-0.3, -0.25) is 14.5 Å². The second-order valence-corrected chi connectivity index (χ2v) is 6.85. The van der Waals surface area contributed by atoms with Crippen molar-refractivity contribution in [2.45, 2.75) is 12.4 Å². The second kappa shape index (κ2) is 8.59. The highest BCUT2D eigenvalue weighted by Crippen LogP contribution is 2.30. The van der Waals surface area contributed by atoms with Crippen LogP contribution in [-0.2, 0) is 16.0 Å². The number of fused-ring (bicyclic) bond motifs is 1. The largest absolute Gasteiger partial charge is 0.547 e. The summed E-state index contributed by atoms with van der Waals surface area (Å²) in [6, 6.07) is 4.71. The number of hydrogen-bond donors (Lipinski definition) is 4. The van der Waals surface area contributed by atoms with Crippen LogP contribution in [0.3, 0.4) is 0 Å². The fraction of sp³-hybridized carbons (Fsp3) is 0.471. The van der Waals surface area contributed by atoms with Crippen LogP contribution in [0.1, 0.15) is 15.9 Å². The van der Waals surface area contributed by atoms with Crippen LogP contribution in [0.4, 0.5) is 0 Å².